The number of hydrogen-bond acceptors (Lipinski definition) is 3. The first kappa shape index (κ1) is 15.1. The highest BCUT2D eigenvalue weighted by Crippen LogP contribution is 2.21. The van der Waals surface area contributed by atoms with E-state index >= 15 is 0 Å². The van der Waals surface area contributed by atoms with Gasteiger partial charge in [0.15, 0.2) is 0 Å². The zero-order valence-electron chi connectivity index (χ0n) is 12.4. The largest absolute Gasteiger partial charge is 0.311 e. The predicted molar refractivity (Wildman–Crippen MR) is 80.9 cm³/mol. The first-order valence-electron chi connectivity index (χ1n) is 7.09. The average Bonchev–Trinajstić information content (AvgIpc) is 2.99. The van der Waals surface area contributed by atoms with Crippen LogP contribution < -0.4 is 5.32 Å². The Balaban J connectivity index is 1.91. The molecule has 0 spiro atoms. The van der Waals surface area contributed by atoms with Crippen molar-refractivity contribution in [3.63, 3.8) is 0 Å². The summed E-state index contributed by atoms with van der Waals surface area (Å²) in [4.78, 5) is 0. The van der Waals surface area contributed by atoms with E-state index in [1.807, 2.05) is 28.7 Å². The minimum atomic E-state index is 0.748. The van der Waals surface area contributed by atoms with Crippen LogP contribution in [0.25, 0.3) is 0 Å². The van der Waals surface area contributed by atoms with Gasteiger partial charge in [0, 0.05) is 45.0 Å². The van der Waals surface area contributed by atoms with Crippen molar-refractivity contribution in [1.29, 1.82) is 0 Å². The maximum atomic E-state index is 6.37. The van der Waals surface area contributed by atoms with Crippen LogP contribution in [-0.4, -0.2) is 26.1 Å². The minimum Gasteiger partial charge on any atom is -0.311 e. The van der Waals surface area contributed by atoms with E-state index in [9.17, 15) is 0 Å². The highest BCUT2D eigenvalue weighted by molar-refractivity contribution is 6.31. The van der Waals surface area contributed by atoms with Gasteiger partial charge in [0.2, 0.25) is 0 Å². The molecule has 0 aliphatic rings. The molecule has 0 fully saturated rings. The number of aryl methyl sites for hydroxylation is 3. The van der Waals surface area contributed by atoms with Crippen molar-refractivity contribution in [2.24, 2.45) is 7.05 Å². The number of aromatic nitrogens is 4. The fourth-order valence-electron chi connectivity index (χ4n) is 2.26. The number of halogens is 1. The number of nitrogens with zero attached hydrogens (tertiary/aromatic N) is 4. The zero-order valence-corrected chi connectivity index (χ0v) is 13.1. The standard InChI is InChI=1S/C14H22ClN5/c1-4-12-14(15)13(20(5-2)18-12)10-16-8-6-11-7-9-17-19(11)3/h7,9,16H,4-6,8,10H2,1-3H3. The summed E-state index contributed by atoms with van der Waals surface area (Å²) in [7, 11) is 1.96. The van der Waals surface area contributed by atoms with Crippen molar-refractivity contribution in [2.45, 2.75) is 39.8 Å². The third kappa shape index (κ3) is 3.22. The Kier molecular flexibility index (Phi) is 5.20. The topological polar surface area (TPSA) is 47.7 Å². The molecule has 2 aromatic rings. The lowest BCUT2D eigenvalue weighted by atomic mass is 10.3. The van der Waals surface area contributed by atoms with Crippen molar-refractivity contribution in [3.8, 4) is 0 Å². The van der Waals surface area contributed by atoms with E-state index in [2.05, 4.69) is 29.4 Å². The quantitative estimate of drug-likeness (QED) is 0.797. The Labute approximate surface area is 124 Å². The summed E-state index contributed by atoms with van der Waals surface area (Å²) >= 11 is 6.37. The van der Waals surface area contributed by atoms with Crippen LogP contribution in [0.5, 0.6) is 0 Å². The van der Waals surface area contributed by atoms with Crippen LogP contribution in [0.2, 0.25) is 5.02 Å². The molecule has 0 saturated carbocycles. The Morgan fingerprint density at radius 1 is 1.35 bits per heavy atom. The molecule has 0 unspecified atom stereocenters. The van der Waals surface area contributed by atoms with Crippen LogP contribution in [0.3, 0.4) is 0 Å². The van der Waals surface area contributed by atoms with Crippen molar-refractivity contribution in [3.05, 3.63) is 34.4 Å². The second kappa shape index (κ2) is 6.90. The van der Waals surface area contributed by atoms with Gasteiger partial charge in [0.05, 0.1) is 16.4 Å². The highest BCUT2D eigenvalue weighted by atomic mass is 35.5. The molecule has 0 aliphatic carbocycles. The molecule has 0 saturated heterocycles. The van der Waals surface area contributed by atoms with Crippen LogP contribution in [0.4, 0.5) is 0 Å². The fourth-order valence-corrected chi connectivity index (χ4v) is 2.59. The van der Waals surface area contributed by atoms with Crippen LogP contribution in [0.1, 0.15) is 30.9 Å². The molecule has 2 rings (SSSR count). The van der Waals surface area contributed by atoms with Gasteiger partial charge in [-0.05, 0) is 19.4 Å². The molecule has 2 heterocycles. The second-order valence-electron chi connectivity index (χ2n) is 4.75. The summed E-state index contributed by atoms with van der Waals surface area (Å²) in [5.74, 6) is 0. The van der Waals surface area contributed by atoms with E-state index in [4.69, 9.17) is 11.6 Å². The van der Waals surface area contributed by atoms with Gasteiger partial charge in [-0.2, -0.15) is 10.2 Å². The summed E-state index contributed by atoms with van der Waals surface area (Å²) in [6.07, 6.45) is 3.65. The van der Waals surface area contributed by atoms with Gasteiger partial charge >= 0.3 is 0 Å². The first-order valence-corrected chi connectivity index (χ1v) is 7.46. The van der Waals surface area contributed by atoms with Crippen LogP contribution in [0, 0.1) is 0 Å². The molecule has 0 bridgehead atoms. The molecule has 1 N–H and O–H groups in total. The summed E-state index contributed by atoms with van der Waals surface area (Å²) in [5, 5.41) is 12.9. The predicted octanol–water partition coefficient (Wildman–Crippen LogP) is 2.18. The van der Waals surface area contributed by atoms with Crippen molar-refractivity contribution < 1.29 is 0 Å². The molecule has 110 valence electrons. The van der Waals surface area contributed by atoms with Gasteiger partial charge in [0.25, 0.3) is 0 Å². The Morgan fingerprint density at radius 3 is 2.75 bits per heavy atom. The second-order valence-corrected chi connectivity index (χ2v) is 5.13. The lowest BCUT2D eigenvalue weighted by Gasteiger charge is -2.07. The molecule has 20 heavy (non-hydrogen) atoms. The van der Waals surface area contributed by atoms with Crippen LogP contribution in [-0.2, 0) is 33.0 Å². The highest BCUT2D eigenvalue weighted by Gasteiger charge is 2.13. The van der Waals surface area contributed by atoms with E-state index in [0.29, 0.717) is 0 Å². The van der Waals surface area contributed by atoms with Crippen molar-refractivity contribution in [2.75, 3.05) is 6.54 Å². The van der Waals surface area contributed by atoms with Crippen molar-refractivity contribution in [1.82, 2.24) is 24.9 Å². The number of nitrogens with one attached hydrogen (secondary N) is 1. The van der Waals surface area contributed by atoms with E-state index < -0.39 is 0 Å². The molecule has 2 aromatic heterocycles. The maximum Gasteiger partial charge on any atom is 0.0863 e. The SMILES string of the molecule is CCc1nn(CC)c(CNCCc2ccnn2C)c1Cl. The van der Waals surface area contributed by atoms with E-state index in [1.54, 1.807) is 0 Å². The van der Waals surface area contributed by atoms with Crippen molar-refractivity contribution >= 4 is 11.6 Å². The Hall–Kier alpha value is -1.33. The molecule has 0 aliphatic heterocycles. The number of hydrogen-bond donors (Lipinski definition) is 1. The molecule has 0 atom stereocenters. The first-order chi connectivity index (χ1) is 9.67. The number of rotatable bonds is 7. The molecule has 0 aromatic carbocycles. The Bertz CT molecular complexity index is 558. The minimum absolute atomic E-state index is 0.748. The lowest BCUT2D eigenvalue weighted by Crippen LogP contribution is -2.20. The summed E-state index contributed by atoms with van der Waals surface area (Å²) in [6, 6.07) is 2.04. The molecule has 0 radical (unpaired) electrons. The fraction of sp³-hybridized carbons (Fsp3) is 0.571. The molecular formula is C14H22ClN5. The molecule has 6 heteroatoms. The van der Waals surface area contributed by atoms with E-state index in [1.165, 1.54) is 5.69 Å². The molecular weight excluding hydrogens is 274 g/mol. The molecule has 0 amide bonds. The average molecular weight is 296 g/mol. The monoisotopic (exact) mass is 295 g/mol. The summed E-state index contributed by atoms with van der Waals surface area (Å²) in [5.41, 5.74) is 3.29. The summed E-state index contributed by atoms with van der Waals surface area (Å²) < 4.78 is 3.89. The van der Waals surface area contributed by atoms with E-state index in [0.717, 1.165) is 48.9 Å². The van der Waals surface area contributed by atoms with Crippen LogP contribution >= 0.6 is 11.6 Å². The Morgan fingerprint density at radius 2 is 2.15 bits per heavy atom. The van der Waals surface area contributed by atoms with Gasteiger partial charge in [0.1, 0.15) is 0 Å². The zero-order chi connectivity index (χ0) is 14.5. The van der Waals surface area contributed by atoms with Gasteiger partial charge < -0.3 is 5.32 Å². The lowest BCUT2D eigenvalue weighted by molar-refractivity contribution is 0.572. The van der Waals surface area contributed by atoms with Gasteiger partial charge in [-0.3, -0.25) is 9.36 Å². The summed E-state index contributed by atoms with van der Waals surface area (Å²) in [6.45, 7) is 6.65. The van der Waals surface area contributed by atoms with E-state index in [-0.39, 0.29) is 0 Å². The third-order valence-corrected chi connectivity index (χ3v) is 3.90. The third-order valence-electron chi connectivity index (χ3n) is 3.47. The smallest absolute Gasteiger partial charge is 0.0863 e. The van der Waals surface area contributed by atoms with Gasteiger partial charge in [-0.15, -0.1) is 0 Å². The maximum absolute atomic E-state index is 6.37. The van der Waals surface area contributed by atoms with Crippen LogP contribution in [0.15, 0.2) is 12.3 Å². The normalized spacial score (nSPS) is 11.2. The molecule has 5 nitrogen and oxygen atoms in total. The van der Waals surface area contributed by atoms with Gasteiger partial charge in [-0.1, -0.05) is 18.5 Å². The van der Waals surface area contributed by atoms with Gasteiger partial charge in [-0.25, -0.2) is 0 Å².